The number of aliphatic hydroxyl groups is 1. The zero-order valence-electron chi connectivity index (χ0n) is 21.7. The Morgan fingerprint density at radius 2 is 1.29 bits per heavy atom. The molecule has 0 bridgehead atoms. The molecule has 2 N–H and O–H groups in total. The van der Waals surface area contributed by atoms with Crippen LogP contribution in [0.5, 0.6) is 0 Å². The maximum absolute atomic E-state index is 11.8. The van der Waals surface area contributed by atoms with Gasteiger partial charge < -0.3 is 15.2 Å². The summed E-state index contributed by atoms with van der Waals surface area (Å²) in [5.41, 5.74) is 0. The molecule has 0 spiro atoms. The van der Waals surface area contributed by atoms with Gasteiger partial charge in [-0.05, 0) is 57.8 Å². The first-order valence-electron chi connectivity index (χ1n) is 13.0. The van der Waals surface area contributed by atoms with Crippen molar-refractivity contribution in [2.45, 2.75) is 77.6 Å². The molecular weight excluding hydrogens is 422 g/mol. The number of nitrogens with one attached hydrogen (secondary N) is 1. The highest BCUT2D eigenvalue weighted by atomic mass is 16.5. The number of carbonyl (C=O) groups excluding carboxylic acids is 1. The van der Waals surface area contributed by atoms with Crippen LogP contribution in [-0.4, -0.2) is 37.9 Å². The number of methoxy groups -OCH3 is 1. The number of hydrogen-bond acceptors (Lipinski definition) is 3. The van der Waals surface area contributed by atoms with E-state index in [-0.39, 0.29) is 18.4 Å². The molecular formula is C30H49NO3. The summed E-state index contributed by atoms with van der Waals surface area (Å²) in [5.74, 6) is 0.309. The molecule has 1 unspecified atom stereocenters. The molecule has 0 fully saturated rings. The average molecular weight is 472 g/mol. The lowest BCUT2D eigenvalue weighted by Gasteiger charge is -2.12. The van der Waals surface area contributed by atoms with Gasteiger partial charge in [-0.3, -0.25) is 4.79 Å². The molecule has 0 heterocycles. The summed E-state index contributed by atoms with van der Waals surface area (Å²) in [4.78, 5) is 11.8. The summed E-state index contributed by atoms with van der Waals surface area (Å²) >= 11 is 0. The molecule has 0 aliphatic rings. The second-order valence-electron chi connectivity index (χ2n) is 8.30. The summed E-state index contributed by atoms with van der Waals surface area (Å²) in [6, 6.07) is 0. The number of ether oxygens (including phenoxy) is 1. The predicted molar refractivity (Wildman–Crippen MR) is 147 cm³/mol. The molecule has 0 aliphatic heterocycles. The molecule has 0 aliphatic carbocycles. The van der Waals surface area contributed by atoms with Crippen LogP contribution < -0.4 is 5.32 Å². The van der Waals surface area contributed by atoms with Crippen molar-refractivity contribution in [2.75, 3.05) is 26.9 Å². The molecule has 192 valence electrons. The van der Waals surface area contributed by atoms with Crippen LogP contribution in [0.1, 0.15) is 77.6 Å². The SMILES string of the molecule is CC/C=C\C/C=C\C/C=C\C/C=C\C/C=C\C/C=C\CCC(=O)NCCCCC(CO)COC. The monoisotopic (exact) mass is 471 g/mol. The van der Waals surface area contributed by atoms with Gasteiger partial charge >= 0.3 is 0 Å². The minimum Gasteiger partial charge on any atom is -0.396 e. The molecule has 1 amide bonds. The zero-order valence-corrected chi connectivity index (χ0v) is 21.7. The van der Waals surface area contributed by atoms with Crippen molar-refractivity contribution in [1.82, 2.24) is 5.32 Å². The Labute approximate surface area is 209 Å². The van der Waals surface area contributed by atoms with Crippen LogP contribution in [0.15, 0.2) is 72.9 Å². The average Bonchev–Trinajstić information content (AvgIpc) is 2.84. The van der Waals surface area contributed by atoms with Gasteiger partial charge in [-0.25, -0.2) is 0 Å². The summed E-state index contributed by atoms with van der Waals surface area (Å²) in [5, 5.41) is 12.2. The second kappa shape index (κ2) is 27.1. The van der Waals surface area contributed by atoms with Crippen LogP contribution in [0.4, 0.5) is 0 Å². The van der Waals surface area contributed by atoms with Gasteiger partial charge in [-0.15, -0.1) is 0 Å². The first-order chi connectivity index (χ1) is 16.7. The number of carbonyl (C=O) groups is 1. The van der Waals surface area contributed by atoms with Crippen molar-refractivity contribution >= 4 is 5.91 Å². The Hall–Kier alpha value is -2.17. The van der Waals surface area contributed by atoms with E-state index in [9.17, 15) is 9.90 Å². The first-order valence-corrected chi connectivity index (χ1v) is 13.0. The quantitative estimate of drug-likeness (QED) is 0.132. The van der Waals surface area contributed by atoms with E-state index in [1.165, 1.54) is 0 Å². The van der Waals surface area contributed by atoms with Crippen molar-refractivity contribution < 1.29 is 14.6 Å². The molecule has 0 aromatic carbocycles. The highest BCUT2D eigenvalue weighted by molar-refractivity contribution is 5.75. The molecule has 1 atom stereocenters. The van der Waals surface area contributed by atoms with E-state index in [1.54, 1.807) is 7.11 Å². The summed E-state index contributed by atoms with van der Waals surface area (Å²) < 4.78 is 5.07. The summed E-state index contributed by atoms with van der Waals surface area (Å²) in [7, 11) is 1.65. The van der Waals surface area contributed by atoms with E-state index in [4.69, 9.17) is 4.74 Å². The van der Waals surface area contributed by atoms with E-state index in [2.05, 4.69) is 85.2 Å². The summed E-state index contributed by atoms with van der Waals surface area (Å²) in [6.45, 7) is 3.61. The second-order valence-corrected chi connectivity index (χ2v) is 8.30. The Bertz CT molecular complexity index is 629. The molecule has 34 heavy (non-hydrogen) atoms. The van der Waals surface area contributed by atoms with Crippen LogP contribution in [0.2, 0.25) is 0 Å². The Balaban J connectivity index is 3.59. The van der Waals surface area contributed by atoms with Crippen LogP contribution in [0.3, 0.4) is 0 Å². The molecule has 4 heteroatoms. The molecule has 0 aromatic heterocycles. The van der Waals surface area contributed by atoms with Crippen molar-refractivity contribution in [3.8, 4) is 0 Å². The standard InChI is InChI=1S/C30H49NO3/c1-3-4-5-6-7-8-9-10-11-12-13-14-15-16-17-18-19-20-21-25-30(33)31-26-23-22-24-29(27-32)28-34-2/h4-5,7-8,10-11,13-14,16-17,19-20,29,32H,3,6,9,12,15,18,21-28H2,1-2H3,(H,31,33)/b5-4-,8-7-,11-10-,14-13-,17-16-,20-19-. The van der Waals surface area contributed by atoms with Crippen LogP contribution >= 0.6 is 0 Å². The van der Waals surface area contributed by atoms with Gasteiger partial charge in [-0.2, -0.15) is 0 Å². The zero-order chi connectivity index (χ0) is 25.0. The van der Waals surface area contributed by atoms with Gasteiger partial charge in [0.25, 0.3) is 0 Å². The fourth-order valence-electron chi connectivity index (χ4n) is 3.19. The van der Waals surface area contributed by atoms with E-state index in [1.807, 2.05) is 0 Å². The number of allylic oxidation sites excluding steroid dienone is 12. The smallest absolute Gasteiger partial charge is 0.220 e. The molecule has 4 nitrogen and oxygen atoms in total. The van der Waals surface area contributed by atoms with Gasteiger partial charge in [0.2, 0.25) is 5.91 Å². The van der Waals surface area contributed by atoms with Crippen LogP contribution in [0, 0.1) is 5.92 Å². The van der Waals surface area contributed by atoms with Gasteiger partial charge in [0.1, 0.15) is 0 Å². The molecule has 0 saturated heterocycles. The van der Waals surface area contributed by atoms with Gasteiger partial charge in [0.15, 0.2) is 0 Å². The maximum Gasteiger partial charge on any atom is 0.220 e. The number of hydrogen-bond donors (Lipinski definition) is 2. The third-order valence-electron chi connectivity index (χ3n) is 5.16. The lowest BCUT2D eigenvalue weighted by molar-refractivity contribution is -0.121. The van der Waals surface area contributed by atoms with Crippen molar-refractivity contribution in [3.63, 3.8) is 0 Å². The third-order valence-corrected chi connectivity index (χ3v) is 5.16. The highest BCUT2D eigenvalue weighted by Crippen LogP contribution is 2.08. The highest BCUT2D eigenvalue weighted by Gasteiger charge is 2.06. The summed E-state index contributed by atoms with van der Waals surface area (Å²) in [6.07, 6.45) is 36.3. The van der Waals surface area contributed by atoms with Crippen LogP contribution in [0.25, 0.3) is 0 Å². The minimum atomic E-state index is 0.107. The normalized spacial score (nSPS) is 13.6. The van der Waals surface area contributed by atoms with Gasteiger partial charge in [-0.1, -0.05) is 86.3 Å². The van der Waals surface area contributed by atoms with E-state index < -0.39 is 0 Å². The van der Waals surface area contributed by atoms with Crippen LogP contribution in [-0.2, 0) is 9.53 Å². The fraction of sp³-hybridized carbons (Fsp3) is 0.567. The van der Waals surface area contributed by atoms with Gasteiger partial charge in [0.05, 0.1) is 6.61 Å². The predicted octanol–water partition coefficient (Wildman–Crippen LogP) is 7.01. The van der Waals surface area contributed by atoms with E-state index >= 15 is 0 Å². The number of unbranched alkanes of at least 4 members (excludes halogenated alkanes) is 1. The molecule has 0 aromatic rings. The number of amides is 1. The molecule has 0 radical (unpaired) electrons. The number of aliphatic hydroxyl groups excluding tert-OH is 1. The van der Waals surface area contributed by atoms with Crippen molar-refractivity contribution in [1.29, 1.82) is 0 Å². The minimum absolute atomic E-state index is 0.107. The molecule has 0 rings (SSSR count). The van der Waals surface area contributed by atoms with Crippen molar-refractivity contribution in [3.05, 3.63) is 72.9 Å². The maximum atomic E-state index is 11.8. The van der Waals surface area contributed by atoms with E-state index in [0.29, 0.717) is 19.6 Å². The largest absolute Gasteiger partial charge is 0.396 e. The Kier molecular flexibility index (Phi) is 25.3. The Morgan fingerprint density at radius 1 is 0.794 bits per heavy atom. The lowest BCUT2D eigenvalue weighted by Crippen LogP contribution is -2.24. The van der Waals surface area contributed by atoms with Crippen molar-refractivity contribution in [2.24, 2.45) is 5.92 Å². The topological polar surface area (TPSA) is 58.6 Å². The fourth-order valence-corrected chi connectivity index (χ4v) is 3.19. The number of rotatable bonds is 22. The lowest BCUT2D eigenvalue weighted by atomic mass is 10.0. The first kappa shape index (κ1) is 31.8. The van der Waals surface area contributed by atoms with E-state index in [0.717, 1.165) is 64.2 Å². The molecule has 0 saturated carbocycles. The van der Waals surface area contributed by atoms with Gasteiger partial charge in [0, 0.05) is 32.6 Å². The third kappa shape index (κ3) is 24.5. The Morgan fingerprint density at radius 3 is 1.76 bits per heavy atom.